The minimum absolute atomic E-state index is 0.518. The summed E-state index contributed by atoms with van der Waals surface area (Å²) in [6.45, 7) is 5.56. The van der Waals surface area contributed by atoms with E-state index in [1.165, 1.54) is 6.42 Å². The third-order valence-electron chi connectivity index (χ3n) is 3.15. The molecule has 2 heterocycles. The molecule has 16 heavy (non-hydrogen) atoms. The Labute approximate surface area is 96.4 Å². The Morgan fingerprint density at radius 3 is 2.75 bits per heavy atom. The summed E-state index contributed by atoms with van der Waals surface area (Å²) in [6.07, 6.45) is 1.22. The van der Waals surface area contributed by atoms with Gasteiger partial charge in [0.05, 0.1) is 12.8 Å². The number of hydrogen-bond acceptors (Lipinski definition) is 4. The van der Waals surface area contributed by atoms with Crippen LogP contribution in [0.5, 0.6) is 5.88 Å². The lowest BCUT2D eigenvalue weighted by Gasteiger charge is -2.23. The van der Waals surface area contributed by atoms with Crippen molar-refractivity contribution >= 4 is 11.5 Å². The topological polar surface area (TPSA) is 51.4 Å². The summed E-state index contributed by atoms with van der Waals surface area (Å²) in [6, 6.07) is 4.36. The molecule has 0 amide bonds. The predicted octanol–water partition coefficient (Wildman–Crippen LogP) is 1.91. The molecule has 0 bridgehead atoms. The molecule has 1 aliphatic rings. The van der Waals surface area contributed by atoms with Crippen LogP contribution in [0.25, 0.3) is 0 Å². The van der Waals surface area contributed by atoms with E-state index >= 15 is 0 Å². The summed E-state index contributed by atoms with van der Waals surface area (Å²) in [4.78, 5) is 6.75. The van der Waals surface area contributed by atoms with Crippen LogP contribution in [0.3, 0.4) is 0 Å². The lowest BCUT2D eigenvalue weighted by molar-refractivity contribution is 0.400. The van der Waals surface area contributed by atoms with Crippen molar-refractivity contribution in [2.45, 2.75) is 26.3 Å². The maximum absolute atomic E-state index is 5.75. The molecule has 0 aromatic carbocycles. The van der Waals surface area contributed by atoms with Gasteiger partial charge in [-0.05, 0) is 31.4 Å². The van der Waals surface area contributed by atoms with Gasteiger partial charge in [0.25, 0.3) is 0 Å². The van der Waals surface area contributed by atoms with Gasteiger partial charge in [0.2, 0.25) is 5.88 Å². The van der Waals surface area contributed by atoms with Crippen molar-refractivity contribution in [3.05, 3.63) is 12.1 Å². The molecule has 0 aliphatic carbocycles. The number of rotatable bonds is 2. The van der Waals surface area contributed by atoms with Gasteiger partial charge < -0.3 is 15.4 Å². The highest BCUT2D eigenvalue weighted by Crippen LogP contribution is 2.30. The first-order valence-electron chi connectivity index (χ1n) is 5.69. The van der Waals surface area contributed by atoms with Gasteiger partial charge in [0, 0.05) is 12.6 Å². The predicted molar refractivity (Wildman–Crippen MR) is 65.8 cm³/mol. The Morgan fingerprint density at radius 2 is 2.19 bits per heavy atom. The standard InChI is InChI=1S/C12H19N3O/c1-8-6-9(2)15(7-8)11-5-4-10(13)12(14-11)16-3/h4-5,8-9H,6-7,13H2,1-3H3. The first kappa shape index (κ1) is 11.0. The summed E-state index contributed by atoms with van der Waals surface area (Å²) >= 11 is 0. The molecule has 1 aromatic rings. The minimum Gasteiger partial charge on any atom is -0.479 e. The molecule has 4 heteroatoms. The summed E-state index contributed by atoms with van der Waals surface area (Å²) < 4.78 is 5.14. The van der Waals surface area contributed by atoms with Gasteiger partial charge in [-0.15, -0.1) is 0 Å². The fourth-order valence-electron chi connectivity index (χ4n) is 2.38. The zero-order valence-corrected chi connectivity index (χ0v) is 10.1. The van der Waals surface area contributed by atoms with Crippen LogP contribution in [0.15, 0.2) is 12.1 Å². The van der Waals surface area contributed by atoms with Crippen LogP contribution in [-0.4, -0.2) is 24.7 Å². The smallest absolute Gasteiger partial charge is 0.238 e. The number of anilines is 2. The van der Waals surface area contributed by atoms with Crippen LogP contribution >= 0.6 is 0 Å². The van der Waals surface area contributed by atoms with Gasteiger partial charge in [-0.25, -0.2) is 0 Å². The Balaban J connectivity index is 2.27. The largest absolute Gasteiger partial charge is 0.479 e. The Hall–Kier alpha value is -1.45. The number of nitrogens with two attached hydrogens (primary N) is 1. The van der Waals surface area contributed by atoms with E-state index in [1.54, 1.807) is 7.11 Å². The summed E-state index contributed by atoms with van der Waals surface area (Å²) in [7, 11) is 1.60. The van der Waals surface area contributed by atoms with E-state index in [4.69, 9.17) is 10.5 Å². The molecule has 2 N–H and O–H groups in total. The molecular weight excluding hydrogens is 202 g/mol. The van der Waals surface area contributed by atoms with Crippen molar-refractivity contribution in [2.24, 2.45) is 5.92 Å². The van der Waals surface area contributed by atoms with E-state index in [-0.39, 0.29) is 0 Å². The monoisotopic (exact) mass is 221 g/mol. The van der Waals surface area contributed by atoms with Gasteiger partial charge in [-0.3, -0.25) is 0 Å². The minimum atomic E-state index is 0.518. The number of aromatic nitrogens is 1. The van der Waals surface area contributed by atoms with Crippen molar-refractivity contribution < 1.29 is 4.74 Å². The Kier molecular flexibility index (Phi) is 2.90. The van der Waals surface area contributed by atoms with Crippen molar-refractivity contribution in [3.63, 3.8) is 0 Å². The van der Waals surface area contributed by atoms with Crippen LogP contribution in [0.4, 0.5) is 11.5 Å². The van der Waals surface area contributed by atoms with Crippen LogP contribution in [0, 0.1) is 5.92 Å². The normalized spacial score (nSPS) is 24.8. The Morgan fingerprint density at radius 1 is 1.44 bits per heavy atom. The highest BCUT2D eigenvalue weighted by Gasteiger charge is 2.27. The molecule has 0 spiro atoms. The first-order valence-corrected chi connectivity index (χ1v) is 5.69. The average molecular weight is 221 g/mol. The fourth-order valence-corrected chi connectivity index (χ4v) is 2.38. The van der Waals surface area contributed by atoms with Crippen LogP contribution in [-0.2, 0) is 0 Å². The van der Waals surface area contributed by atoms with Crippen molar-refractivity contribution in [3.8, 4) is 5.88 Å². The van der Waals surface area contributed by atoms with Crippen molar-refractivity contribution in [1.82, 2.24) is 4.98 Å². The highest BCUT2D eigenvalue weighted by molar-refractivity contribution is 5.55. The van der Waals surface area contributed by atoms with Crippen LogP contribution in [0.1, 0.15) is 20.3 Å². The summed E-state index contributed by atoms with van der Waals surface area (Å²) in [5.74, 6) is 2.20. The molecule has 88 valence electrons. The quantitative estimate of drug-likeness (QED) is 0.828. The molecule has 0 radical (unpaired) electrons. The van der Waals surface area contributed by atoms with E-state index in [9.17, 15) is 0 Å². The summed E-state index contributed by atoms with van der Waals surface area (Å²) in [5.41, 5.74) is 6.34. The number of pyridine rings is 1. The van der Waals surface area contributed by atoms with Crippen molar-refractivity contribution in [1.29, 1.82) is 0 Å². The van der Waals surface area contributed by atoms with E-state index in [0.717, 1.165) is 18.3 Å². The average Bonchev–Trinajstić information content (AvgIpc) is 2.59. The zero-order valence-electron chi connectivity index (χ0n) is 10.1. The van der Waals surface area contributed by atoms with Gasteiger partial charge in [-0.2, -0.15) is 4.98 Å². The lowest BCUT2D eigenvalue weighted by atomic mass is 10.1. The molecule has 2 unspecified atom stereocenters. The molecule has 1 saturated heterocycles. The molecule has 2 atom stereocenters. The van der Waals surface area contributed by atoms with Crippen LogP contribution < -0.4 is 15.4 Å². The number of nitrogen functional groups attached to an aromatic ring is 1. The highest BCUT2D eigenvalue weighted by atomic mass is 16.5. The number of hydrogen-bond donors (Lipinski definition) is 1. The van der Waals surface area contributed by atoms with Crippen molar-refractivity contribution in [2.75, 3.05) is 24.3 Å². The Bertz CT molecular complexity index is 381. The number of nitrogens with zero attached hydrogens (tertiary/aromatic N) is 2. The fraction of sp³-hybridized carbons (Fsp3) is 0.583. The van der Waals surface area contributed by atoms with Gasteiger partial charge >= 0.3 is 0 Å². The second kappa shape index (κ2) is 4.20. The molecule has 1 aliphatic heterocycles. The summed E-state index contributed by atoms with van der Waals surface area (Å²) in [5, 5.41) is 0. The van der Waals surface area contributed by atoms with E-state index in [1.807, 2.05) is 12.1 Å². The van der Waals surface area contributed by atoms with Gasteiger partial charge in [0.15, 0.2) is 0 Å². The third-order valence-corrected chi connectivity index (χ3v) is 3.15. The molecular formula is C12H19N3O. The SMILES string of the molecule is COc1nc(N2CC(C)CC2C)ccc1N. The maximum atomic E-state index is 5.75. The molecule has 4 nitrogen and oxygen atoms in total. The maximum Gasteiger partial charge on any atom is 0.238 e. The molecule has 1 fully saturated rings. The number of ether oxygens (including phenoxy) is 1. The molecule has 2 rings (SSSR count). The van der Waals surface area contributed by atoms with Gasteiger partial charge in [-0.1, -0.05) is 6.92 Å². The molecule has 0 saturated carbocycles. The third kappa shape index (κ3) is 1.92. The first-order chi connectivity index (χ1) is 7.61. The van der Waals surface area contributed by atoms with E-state index in [0.29, 0.717) is 17.6 Å². The zero-order chi connectivity index (χ0) is 11.7. The number of methoxy groups -OCH3 is 1. The molecule has 1 aromatic heterocycles. The second-order valence-corrected chi connectivity index (χ2v) is 4.61. The van der Waals surface area contributed by atoms with Crippen LogP contribution in [0.2, 0.25) is 0 Å². The second-order valence-electron chi connectivity index (χ2n) is 4.61. The van der Waals surface area contributed by atoms with E-state index < -0.39 is 0 Å². The van der Waals surface area contributed by atoms with Gasteiger partial charge in [0.1, 0.15) is 5.82 Å². The lowest BCUT2D eigenvalue weighted by Crippen LogP contribution is -2.27. The van der Waals surface area contributed by atoms with E-state index in [2.05, 4.69) is 23.7 Å².